The molecule has 1 amide bonds. The molecule has 34 heavy (non-hydrogen) atoms. The van der Waals surface area contributed by atoms with Crippen LogP contribution in [0, 0.1) is 10.1 Å². The van der Waals surface area contributed by atoms with Crippen LogP contribution in [0.4, 0.5) is 10.8 Å². The minimum Gasteiger partial charge on any atom is -0.282 e. The van der Waals surface area contributed by atoms with Crippen molar-refractivity contribution in [3.63, 3.8) is 0 Å². The molecule has 0 aliphatic rings. The molecule has 0 aliphatic carbocycles. The largest absolute Gasteiger partial charge is 0.294 e. The van der Waals surface area contributed by atoms with Gasteiger partial charge >= 0.3 is 0 Å². The molecule has 0 aliphatic heterocycles. The molecule has 0 atom stereocenters. The van der Waals surface area contributed by atoms with E-state index in [1.165, 1.54) is 53.8 Å². The van der Waals surface area contributed by atoms with Gasteiger partial charge < -0.3 is 0 Å². The summed E-state index contributed by atoms with van der Waals surface area (Å²) in [5.74, 6) is -0.514. The number of fused-ring (bicyclic) bond motifs is 1. The van der Waals surface area contributed by atoms with E-state index in [4.69, 9.17) is 0 Å². The van der Waals surface area contributed by atoms with Crippen molar-refractivity contribution in [1.29, 1.82) is 0 Å². The van der Waals surface area contributed by atoms with Crippen LogP contribution in [0.3, 0.4) is 0 Å². The molecule has 0 radical (unpaired) electrons. The van der Waals surface area contributed by atoms with Crippen LogP contribution >= 0.6 is 22.7 Å². The number of azo groups is 1. The third kappa shape index (κ3) is 5.34. The molecular formula is C19H12N6O6S3. The molecular weight excluding hydrogens is 504 g/mol. The van der Waals surface area contributed by atoms with Gasteiger partial charge in [-0.3, -0.25) is 19.5 Å². The molecule has 0 fully saturated rings. The lowest BCUT2D eigenvalue weighted by Gasteiger charge is -2.01. The molecule has 2 aromatic heterocycles. The van der Waals surface area contributed by atoms with E-state index in [2.05, 4.69) is 25.7 Å². The van der Waals surface area contributed by atoms with Crippen molar-refractivity contribution >= 4 is 65.6 Å². The van der Waals surface area contributed by atoms with Crippen molar-refractivity contribution < 1.29 is 22.7 Å². The Morgan fingerprint density at radius 3 is 2.56 bits per heavy atom. The number of aromatic nitrogens is 1. The lowest BCUT2D eigenvalue weighted by atomic mass is 10.2. The van der Waals surface area contributed by atoms with Gasteiger partial charge in [0.05, 0.1) is 24.9 Å². The third-order valence-electron chi connectivity index (χ3n) is 4.22. The minimum absolute atomic E-state index is 0.0862. The van der Waals surface area contributed by atoms with E-state index >= 15 is 0 Å². The van der Waals surface area contributed by atoms with Crippen molar-refractivity contribution in [3.8, 4) is 0 Å². The van der Waals surface area contributed by atoms with Crippen molar-refractivity contribution in [2.45, 2.75) is 4.90 Å². The molecule has 172 valence electrons. The molecule has 2 aromatic carbocycles. The molecule has 4 aromatic rings. The lowest BCUT2D eigenvalue weighted by molar-refractivity contribution is -0.384. The summed E-state index contributed by atoms with van der Waals surface area (Å²) in [6, 6.07) is 12.4. The second-order valence-corrected chi connectivity index (χ2v) is 9.84. The zero-order valence-electron chi connectivity index (χ0n) is 16.7. The maximum atomic E-state index is 12.4. The molecule has 0 unspecified atom stereocenters. The number of amidine groups is 1. The molecule has 2 heterocycles. The number of rotatable bonds is 6. The van der Waals surface area contributed by atoms with Gasteiger partial charge in [-0.2, -0.15) is 8.42 Å². The van der Waals surface area contributed by atoms with Gasteiger partial charge in [-0.15, -0.1) is 26.7 Å². The van der Waals surface area contributed by atoms with E-state index in [1.54, 1.807) is 17.5 Å². The molecule has 0 bridgehead atoms. The first-order chi connectivity index (χ1) is 16.2. The van der Waals surface area contributed by atoms with E-state index in [0.717, 1.165) is 11.3 Å². The number of carbonyl (C=O) groups is 1. The van der Waals surface area contributed by atoms with Gasteiger partial charge in [0.1, 0.15) is 0 Å². The number of non-ortho nitro benzene ring substituents is 1. The van der Waals surface area contributed by atoms with Crippen LogP contribution in [0.2, 0.25) is 0 Å². The van der Waals surface area contributed by atoms with Crippen molar-refractivity contribution in [2.75, 3.05) is 0 Å². The van der Waals surface area contributed by atoms with E-state index in [0.29, 0.717) is 15.1 Å². The average molecular weight is 517 g/mol. The first kappa shape index (κ1) is 23.2. The van der Waals surface area contributed by atoms with Crippen LogP contribution in [-0.4, -0.2) is 34.6 Å². The number of nitro groups is 1. The molecule has 4 rings (SSSR count). The average Bonchev–Trinajstić information content (AvgIpc) is 3.47. The van der Waals surface area contributed by atoms with Crippen molar-refractivity contribution in [3.05, 3.63) is 80.5 Å². The second-order valence-electron chi connectivity index (χ2n) is 6.46. The number of benzene rings is 2. The first-order valence-corrected chi connectivity index (χ1v) is 12.3. The fraction of sp³-hybridized carbons (Fsp3) is 0. The van der Waals surface area contributed by atoms with Gasteiger partial charge in [0.2, 0.25) is 11.0 Å². The number of nitrogens with one attached hydrogen (secondary N) is 1. The molecule has 0 saturated carbocycles. The monoisotopic (exact) mass is 516 g/mol. The number of nitro benzene ring substituents is 1. The summed E-state index contributed by atoms with van der Waals surface area (Å²) in [4.78, 5) is 27.1. The van der Waals surface area contributed by atoms with Gasteiger partial charge in [-0.05, 0) is 41.8 Å². The zero-order chi connectivity index (χ0) is 24.3. The number of thiophene rings is 1. The standard InChI is InChI=1S/C19H12N6O6S3/c26-18(11-3-5-12(6-4-11)25(27)28)23-21-17(15-2-1-9-32-15)22-24-19-20-14-8-7-13(34(29,30)31)10-16(14)33-19/h1-10H,(H,23,26)(H,29,30,31)/b21-17+,24-22?. The predicted molar refractivity (Wildman–Crippen MR) is 125 cm³/mol. The molecule has 12 nitrogen and oxygen atoms in total. The van der Waals surface area contributed by atoms with Gasteiger partial charge in [-0.25, -0.2) is 10.4 Å². The maximum Gasteiger partial charge on any atom is 0.294 e. The fourth-order valence-corrected chi connectivity index (χ4v) is 4.68. The summed E-state index contributed by atoms with van der Waals surface area (Å²) in [6.45, 7) is 0. The Bertz CT molecular complexity index is 1540. The van der Waals surface area contributed by atoms with Gasteiger partial charge in [0, 0.05) is 17.7 Å². The van der Waals surface area contributed by atoms with Crippen molar-refractivity contribution in [2.24, 2.45) is 15.3 Å². The number of hydrogen-bond donors (Lipinski definition) is 2. The number of amides is 1. The highest BCUT2D eigenvalue weighted by Crippen LogP contribution is 2.30. The normalized spacial score (nSPS) is 12.3. The van der Waals surface area contributed by atoms with Crippen LogP contribution in [0.15, 0.2) is 80.2 Å². The smallest absolute Gasteiger partial charge is 0.282 e. The first-order valence-electron chi connectivity index (χ1n) is 9.17. The number of nitrogens with zero attached hydrogens (tertiary/aromatic N) is 5. The topological polar surface area (TPSA) is 177 Å². The van der Waals surface area contributed by atoms with Gasteiger partial charge in [0.15, 0.2) is 0 Å². The van der Waals surface area contributed by atoms with Crippen molar-refractivity contribution in [1.82, 2.24) is 10.4 Å². The number of hydrogen-bond acceptors (Lipinski definition) is 10. The molecule has 15 heteroatoms. The summed E-state index contributed by atoms with van der Waals surface area (Å²) in [5, 5.41) is 24.9. The minimum atomic E-state index is -4.35. The molecule has 0 saturated heterocycles. The van der Waals surface area contributed by atoms with Gasteiger partial charge in [-0.1, -0.05) is 17.4 Å². The van der Waals surface area contributed by atoms with Crippen LogP contribution < -0.4 is 5.43 Å². The Morgan fingerprint density at radius 1 is 1.15 bits per heavy atom. The Labute approximate surface area is 199 Å². The Morgan fingerprint density at radius 2 is 1.91 bits per heavy atom. The van der Waals surface area contributed by atoms with Crippen LogP contribution in [0.1, 0.15) is 15.2 Å². The SMILES string of the molecule is O=C(N/N=C(/N=Nc1nc2ccc(S(=O)(=O)O)cc2s1)c1cccs1)c1ccc([N+](=O)[O-])cc1. The fourth-order valence-electron chi connectivity index (χ4n) is 2.62. The summed E-state index contributed by atoms with van der Waals surface area (Å²) < 4.78 is 32.3. The highest BCUT2D eigenvalue weighted by atomic mass is 32.2. The lowest BCUT2D eigenvalue weighted by Crippen LogP contribution is -2.19. The van der Waals surface area contributed by atoms with Crippen LogP contribution in [0.5, 0.6) is 0 Å². The predicted octanol–water partition coefficient (Wildman–Crippen LogP) is 4.39. The summed E-state index contributed by atoms with van der Waals surface area (Å²) in [5.41, 5.74) is 2.83. The molecule has 2 N–H and O–H groups in total. The second kappa shape index (κ2) is 9.52. The summed E-state index contributed by atoms with van der Waals surface area (Å²) >= 11 is 2.36. The summed E-state index contributed by atoms with van der Waals surface area (Å²) in [6.07, 6.45) is 0. The van der Waals surface area contributed by atoms with E-state index in [-0.39, 0.29) is 27.1 Å². The zero-order valence-corrected chi connectivity index (χ0v) is 19.2. The third-order valence-corrected chi connectivity index (χ3v) is 6.84. The Kier molecular flexibility index (Phi) is 6.51. The Balaban J connectivity index is 1.57. The van der Waals surface area contributed by atoms with E-state index in [9.17, 15) is 27.9 Å². The number of hydrazone groups is 1. The quantitative estimate of drug-likeness (QED) is 0.0953. The highest BCUT2D eigenvalue weighted by Gasteiger charge is 2.13. The van der Waals surface area contributed by atoms with Crippen LogP contribution in [-0.2, 0) is 10.1 Å². The number of thiazole rings is 1. The van der Waals surface area contributed by atoms with E-state index in [1.807, 2.05) is 0 Å². The Hall–Kier alpha value is -3.92. The molecule has 0 spiro atoms. The number of carbonyl (C=O) groups excluding carboxylic acids is 1. The summed E-state index contributed by atoms with van der Waals surface area (Å²) in [7, 11) is -4.35. The van der Waals surface area contributed by atoms with Gasteiger partial charge in [0.25, 0.3) is 21.7 Å². The maximum absolute atomic E-state index is 12.4. The van der Waals surface area contributed by atoms with Crippen LogP contribution in [0.25, 0.3) is 10.2 Å². The highest BCUT2D eigenvalue weighted by molar-refractivity contribution is 7.85. The van der Waals surface area contributed by atoms with E-state index < -0.39 is 20.9 Å².